The molecule has 0 fully saturated rings. The van der Waals surface area contributed by atoms with Gasteiger partial charge in [0.15, 0.2) is 0 Å². The Morgan fingerprint density at radius 2 is 1.68 bits per heavy atom. The first-order chi connectivity index (χ1) is 14.9. The summed E-state index contributed by atoms with van der Waals surface area (Å²) in [7, 11) is -2.47. The first kappa shape index (κ1) is 22.3. The molecule has 0 bridgehead atoms. The van der Waals surface area contributed by atoms with E-state index in [9.17, 15) is 13.2 Å². The van der Waals surface area contributed by atoms with Gasteiger partial charge in [0.05, 0.1) is 23.9 Å². The Morgan fingerprint density at radius 1 is 1.03 bits per heavy atom. The zero-order chi connectivity index (χ0) is 22.3. The van der Waals surface area contributed by atoms with Crippen LogP contribution in [0.2, 0.25) is 5.02 Å². The Bertz CT molecular complexity index is 1150. The predicted molar refractivity (Wildman–Crippen MR) is 121 cm³/mol. The number of benzene rings is 3. The van der Waals surface area contributed by atoms with Gasteiger partial charge in [0.2, 0.25) is 0 Å². The van der Waals surface area contributed by atoms with Crippen LogP contribution in [0.15, 0.2) is 88.9 Å². The average molecular weight is 458 g/mol. The second-order valence-electron chi connectivity index (χ2n) is 6.37. The van der Waals surface area contributed by atoms with Crippen molar-refractivity contribution in [3.05, 3.63) is 89.4 Å². The number of methoxy groups -OCH3 is 1. The lowest BCUT2D eigenvalue weighted by Crippen LogP contribution is -2.39. The summed E-state index contributed by atoms with van der Waals surface area (Å²) in [6.45, 7) is -0.457. The van der Waals surface area contributed by atoms with Crippen molar-refractivity contribution in [3.63, 3.8) is 0 Å². The van der Waals surface area contributed by atoms with Crippen molar-refractivity contribution in [2.45, 2.75) is 4.90 Å². The van der Waals surface area contributed by atoms with Crippen molar-refractivity contribution in [1.82, 2.24) is 5.43 Å². The minimum absolute atomic E-state index is 0.0725. The van der Waals surface area contributed by atoms with E-state index in [-0.39, 0.29) is 4.90 Å². The van der Waals surface area contributed by atoms with Gasteiger partial charge in [-0.25, -0.2) is 13.8 Å². The Labute approximate surface area is 186 Å². The monoisotopic (exact) mass is 457 g/mol. The molecule has 31 heavy (non-hydrogen) atoms. The van der Waals surface area contributed by atoms with Crippen molar-refractivity contribution in [3.8, 4) is 5.75 Å². The van der Waals surface area contributed by atoms with E-state index in [1.165, 1.54) is 25.5 Å². The summed E-state index contributed by atoms with van der Waals surface area (Å²) in [5.41, 5.74) is 3.41. The average Bonchev–Trinajstić information content (AvgIpc) is 2.79. The molecule has 3 aromatic rings. The smallest absolute Gasteiger partial charge is 0.264 e. The second kappa shape index (κ2) is 10.1. The van der Waals surface area contributed by atoms with E-state index in [2.05, 4.69) is 10.5 Å². The molecule has 0 unspecified atom stereocenters. The number of nitrogens with one attached hydrogen (secondary N) is 1. The molecular weight excluding hydrogens is 438 g/mol. The number of anilines is 1. The summed E-state index contributed by atoms with van der Waals surface area (Å²) in [4.78, 5) is 12.6. The maximum absolute atomic E-state index is 13.2. The van der Waals surface area contributed by atoms with Crippen molar-refractivity contribution < 1.29 is 17.9 Å². The van der Waals surface area contributed by atoms with Gasteiger partial charge in [-0.2, -0.15) is 5.10 Å². The number of carbonyl (C=O) groups is 1. The van der Waals surface area contributed by atoms with Crippen LogP contribution in [0.1, 0.15) is 5.56 Å². The molecule has 1 N–H and O–H groups in total. The van der Waals surface area contributed by atoms with E-state index in [1.807, 2.05) is 0 Å². The number of nitrogens with zero attached hydrogens (tertiary/aromatic N) is 2. The molecule has 0 radical (unpaired) electrons. The van der Waals surface area contributed by atoms with Crippen molar-refractivity contribution in [2.75, 3.05) is 18.0 Å². The molecular formula is C22H20ClN3O4S. The lowest BCUT2D eigenvalue weighted by atomic mass is 10.2. The molecule has 0 aliphatic heterocycles. The van der Waals surface area contributed by atoms with Crippen molar-refractivity contribution >= 4 is 39.4 Å². The SMILES string of the molecule is COc1ccc(N(CC(=O)N/N=C/c2ccc(Cl)cc2)S(=O)(=O)c2ccccc2)cc1. The largest absolute Gasteiger partial charge is 0.497 e. The van der Waals surface area contributed by atoms with Gasteiger partial charge in [0.1, 0.15) is 12.3 Å². The van der Waals surface area contributed by atoms with E-state index in [1.54, 1.807) is 66.7 Å². The molecule has 0 aliphatic carbocycles. The maximum Gasteiger partial charge on any atom is 0.264 e. The number of ether oxygens (including phenoxy) is 1. The van der Waals surface area contributed by atoms with Crippen LogP contribution in [0.3, 0.4) is 0 Å². The number of halogens is 1. The summed E-state index contributed by atoms with van der Waals surface area (Å²) in [6.07, 6.45) is 1.44. The van der Waals surface area contributed by atoms with Gasteiger partial charge >= 0.3 is 0 Å². The van der Waals surface area contributed by atoms with E-state index in [0.717, 1.165) is 9.87 Å². The quantitative estimate of drug-likeness (QED) is 0.412. The van der Waals surface area contributed by atoms with Crippen molar-refractivity contribution in [1.29, 1.82) is 0 Å². The van der Waals surface area contributed by atoms with Gasteiger partial charge in [-0.3, -0.25) is 9.10 Å². The Balaban J connectivity index is 1.82. The third-order valence-corrected chi connectivity index (χ3v) is 6.29. The van der Waals surface area contributed by atoms with Crippen LogP contribution >= 0.6 is 11.6 Å². The third kappa shape index (κ3) is 5.84. The van der Waals surface area contributed by atoms with Gasteiger partial charge in [-0.05, 0) is 54.1 Å². The molecule has 0 heterocycles. The first-order valence-electron chi connectivity index (χ1n) is 9.19. The zero-order valence-corrected chi connectivity index (χ0v) is 18.2. The number of amides is 1. The molecule has 160 valence electrons. The van der Waals surface area contributed by atoms with Crippen molar-refractivity contribution in [2.24, 2.45) is 5.10 Å². The number of sulfonamides is 1. The van der Waals surface area contributed by atoms with E-state index in [0.29, 0.717) is 16.5 Å². The van der Waals surface area contributed by atoms with Gasteiger partial charge < -0.3 is 4.74 Å². The molecule has 0 atom stereocenters. The third-order valence-electron chi connectivity index (χ3n) is 4.25. The Morgan fingerprint density at radius 3 is 2.29 bits per heavy atom. The highest BCUT2D eigenvalue weighted by Gasteiger charge is 2.27. The molecule has 0 aromatic heterocycles. The predicted octanol–water partition coefficient (Wildman–Crippen LogP) is 3.69. The fraction of sp³-hybridized carbons (Fsp3) is 0.0909. The van der Waals surface area contributed by atoms with Crippen LogP contribution in [0.25, 0.3) is 0 Å². The summed E-state index contributed by atoms with van der Waals surface area (Å²) < 4.78 is 32.6. The van der Waals surface area contributed by atoms with E-state index < -0.39 is 22.5 Å². The summed E-state index contributed by atoms with van der Waals surface area (Å²) in [5, 5.41) is 4.48. The van der Waals surface area contributed by atoms with Gasteiger partial charge in [-0.15, -0.1) is 0 Å². The number of rotatable bonds is 8. The summed E-state index contributed by atoms with van der Waals surface area (Å²) >= 11 is 5.84. The highest BCUT2D eigenvalue weighted by Crippen LogP contribution is 2.25. The maximum atomic E-state index is 13.2. The van der Waals surface area contributed by atoms with Gasteiger partial charge in [0, 0.05) is 5.02 Å². The number of hydrogen-bond acceptors (Lipinski definition) is 5. The minimum Gasteiger partial charge on any atom is -0.497 e. The second-order valence-corrected chi connectivity index (χ2v) is 8.67. The molecule has 0 spiro atoms. The van der Waals surface area contributed by atoms with Crippen LogP contribution in [0, 0.1) is 0 Å². The summed E-state index contributed by atoms with van der Waals surface area (Å²) in [5.74, 6) is -0.0293. The van der Waals surface area contributed by atoms with Crippen LogP contribution in [-0.4, -0.2) is 34.2 Å². The van der Waals surface area contributed by atoms with E-state index in [4.69, 9.17) is 16.3 Å². The number of hydrazone groups is 1. The molecule has 9 heteroatoms. The van der Waals surface area contributed by atoms with Gasteiger partial charge in [-0.1, -0.05) is 41.9 Å². The molecule has 0 saturated carbocycles. The van der Waals surface area contributed by atoms with Crippen LogP contribution in [0.4, 0.5) is 5.69 Å². The number of hydrogen-bond donors (Lipinski definition) is 1. The Kier molecular flexibility index (Phi) is 7.28. The standard InChI is InChI=1S/C22H20ClN3O4S/c1-30-20-13-11-19(12-14-20)26(31(28,29)21-5-3-2-4-6-21)16-22(27)25-24-15-17-7-9-18(23)10-8-17/h2-15H,16H2,1H3,(H,25,27)/b24-15+. The molecule has 0 saturated heterocycles. The highest BCUT2D eigenvalue weighted by atomic mass is 35.5. The van der Waals surface area contributed by atoms with E-state index >= 15 is 0 Å². The highest BCUT2D eigenvalue weighted by molar-refractivity contribution is 7.92. The molecule has 1 amide bonds. The van der Waals surface area contributed by atoms with Crippen LogP contribution in [-0.2, 0) is 14.8 Å². The summed E-state index contributed by atoms with van der Waals surface area (Å²) in [6, 6.07) is 21.2. The number of carbonyl (C=O) groups excluding carboxylic acids is 1. The lowest BCUT2D eigenvalue weighted by molar-refractivity contribution is -0.119. The van der Waals surface area contributed by atoms with Crippen LogP contribution in [0.5, 0.6) is 5.75 Å². The molecule has 3 aromatic carbocycles. The molecule has 3 rings (SSSR count). The first-order valence-corrected chi connectivity index (χ1v) is 11.0. The molecule has 0 aliphatic rings. The fourth-order valence-corrected chi connectivity index (χ4v) is 4.24. The minimum atomic E-state index is -3.99. The van der Waals surface area contributed by atoms with Crippen LogP contribution < -0.4 is 14.5 Å². The lowest BCUT2D eigenvalue weighted by Gasteiger charge is -2.23. The normalized spacial score (nSPS) is 11.3. The molecule has 7 nitrogen and oxygen atoms in total. The zero-order valence-electron chi connectivity index (χ0n) is 16.6. The Hall–Kier alpha value is -3.36. The topological polar surface area (TPSA) is 88.1 Å². The fourth-order valence-electron chi connectivity index (χ4n) is 2.68. The van der Waals surface area contributed by atoms with Gasteiger partial charge in [0.25, 0.3) is 15.9 Å².